The van der Waals surface area contributed by atoms with Crippen molar-refractivity contribution in [3.05, 3.63) is 65.4 Å². The third kappa shape index (κ3) is 4.38. The van der Waals surface area contributed by atoms with Gasteiger partial charge in [-0.3, -0.25) is 4.99 Å². The number of aliphatic imine (C=N–C) groups is 1. The van der Waals surface area contributed by atoms with E-state index in [0.717, 1.165) is 49.0 Å². The Hall–Kier alpha value is -2.99. The molecule has 0 aliphatic carbocycles. The highest BCUT2D eigenvalue weighted by Crippen LogP contribution is 2.25. The zero-order valence-corrected chi connectivity index (χ0v) is 17.1. The lowest BCUT2D eigenvalue weighted by Crippen LogP contribution is -2.39. The van der Waals surface area contributed by atoms with E-state index in [0.29, 0.717) is 13.1 Å². The second-order valence-electron chi connectivity index (χ2n) is 7.15. The van der Waals surface area contributed by atoms with Crippen LogP contribution in [0.15, 0.2) is 57.9 Å². The van der Waals surface area contributed by atoms with Gasteiger partial charge in [0.15, 0.2) is 5.96 Å². The average molecular weight is 393 g/mol. The molecule has 0 spiro atoms. The van der Waals surface area contributed by atoms with Crippen LogP contribution in [0.3, 0.4) is 0 Å². The summed E-state index contributed by atoms with van der Waals surface area (Å²) < 4.78 is 11.5. The summed E-state index contributed by atoms with van der Waals surface area (Å²) in [6, 6.07) is 16.6. The number of fused-ring (bicyclic) bond motifs is 1. The summed E-state index contributed by atoms with van der Waals surface area (Å²) in [6.45, 7) is 6.80. The van der Waals surface area contributed by atoms with Crippen LogP contribution in [0, 0.1) is 6.92 Å². The number of hydrogen-bond donors (Lipinski definition) is 2. The molecule has 1 saturated heterocycles. The highest BCUT2D eigenvalue weighted by Gasteiger charge is 2.15. The first-order valence-electron chi connectivity index (χ1n) is 10.1. The molecule has 2 heterocycles. The predicted molar refractivity (Wildman–Crippen MR) is 117 cm³/mol. The lowest BCUT2D eigenvalue weighted by atomic mass is 10.1. The van der Waals surface area contributed by atoms with E-state index in [2.05, 4.69) is 57.8 Å². The predicted octanol–water partition coefficient (Wildman–Crippen LogP) is 3.44. The Kier molecular flexibility index (Phi) is 6.00. The van der Waals surface area contributed by atoms with Crippen molar-refractivity contribution in [3.63, 3.8) is 0 Å². The van der Waals surface area contributed by atoms with Crippen LogP contribution in [0.4, 0.5) is 5.69 Å². The van der Waals surface area contributed by atoms with Crippen LogP contribution in [0.2, 0.25) is 0 Å². The number of guanidine groups is 1. The molecule has 4 rings (SSSR count). The number of benzene rings is 2. The molecule has 2 aromatic carbocycles. The lowest BCUT2D eigenvalue weighted by molar-refractivity contribution is 0.122. The van der Waals surface area contributed by atoms with Gasteiger partial charge in [0.05, 0.1) is 19.8 Å². The highest BCUT2D eigenvalue weighted by atomic mass is 16.5. The SMILES string of the molecule is CN=C(NCc1ccccc1N1CCOCC1)NCc1oc2ccccc2c1C. The molecule has 1 aliphatic heterocycles. The van der Waals surface area contributed by atoms with E-state index in [-0.39, 0.29) is 0 Å². The number of nitrogens with zero attached hydrogens (tertiary/aromatic N) is 2. The zero-order valence-electron chi connectivity index (χ0n) is 17.1. The first kappa shape index (κ1) is 19.3. The van der Waals surface area contributed by atoms with Gasteiger partial charge in [0.25, 0.3) is 0 Å². The van der Waals surface area contributed by atoms with Crippen molar-refractivity contribution in [2.24, 2.45) is 4.99 Å². The van der Waals surface area contributed by atoms with Gasteiger partial charge in [-0.15, -0.1) is 0 Å². The summed E-state index contributed by atoms with van der Waals surface area (Å²) in [5, 5.41) is 7.96. The largest absolute Gasteiger partial charge is 0.459 e. The number of aryl methyl sites for hydroxylation is 1. The van der Waals surface area contributed by atoms with E-state index >= 15 is 0 Å². The smallest absolute Gasteiger partial charge is 0.191 e. The molecule has 2 N–H and O–H groups in total. The van der Waals surface area contributed by atoms with Crippen LogP contribution >= 0.6 is 0 Å². The van der Waals surface area contributed by atoms with Gasteiger partial charge < -0.3 is 24.7 Å². The van der Waals surface area contributed by atoms with Crippen molar-refractivity contribution in [2.45, 2.75) is 20.0 Å². The summed E-state index contributed by atoms with van der Waals surface area (Å²) in [7, 11) is 1.79. The number of rotatable bonds is 5. The van der Waals surface area contributed by atoms with E-state index in [4.69, 9.17) is 9.15 Å². The van der Waals surface area contributed by atoms with Gasteiger partial charge in [-0.1, -0.05) is 36.4 Å². The van der Waals surface area contributed by atoms with Gasteiger partial charge in [-0.05, 0) is 24.6 Å². The van der Waals surface area contributed by atoms with Crippen molar-refractivity contribution in [1.82, 2.24) is 10.6 Å². The first-order valence-corrected chi connectivity index (χ1v) is 10.1. The maximum atomic E-state index is 5.99. The number of anilines is 1. The second kappa shape index (κ2) is 9.01. The van der Waals surface area contributed by atoms with E-state index in [1.807, 2.05) is 18.2 Å². The number of hydrogen-bond acceptors (Lipinski definition) is 4. The molecule has 152 valence electrons. The molecule has 0 unspecified atom stereocenters. The van der Waals surface area contributed by atoms with Crippen LogP contribution in [0.1, 0.15) is 16.9 Å². The quantitative estimate of drug-likeness (QED) is 0.514. The molecular weight excluding hydrogens is 364 g/mol. The number of nitrogens with one attached hydrogen (secondary N) is 2. The van der Waals surface area contributed by atoms with Crippen molar-refractivity contribution >= 4 is 22.6 Å². The van der Waals surface area contributed by atoms with Crippen LogP contribution in [-0.2, 0) is 17.8 Å². The molecule has 0 saturated carbocycles. The Morgan fingerprint density at radius 2 is 1.72 bits per heavy atom. The molecule has 29 heavy (non-hydrogen) atoms. The number of para-hydroxylation sites is 2. The van der Waals surface area contributed by atoms with Crippen molar-refractivity contribution in [3.8, 4) is 0 Å². The van der Waals surface area contributed by atoms with Crippen LogP contribution in [-0.4, -0.2) is 39.3 Å². The maximum Gasteiger partial charge on any atom is 0.191 e. The summed E-state index contributed by atoms with van der Waals surface area (Å²) in [4.78, 5) is 6.75. The Bertz CT molecular complexity index is 989. The molecule has 1 fully saturated rings. The van der Waals surface area contributed by atoms with Gasteiger partial charge in [0.2, 0.25) is 0 Å². The first-order chi connectivity index (χ1) is 14.3. The Labute approximate surface area is 171 Å². The number of morpholine rings is 1. The Morgan fingerprint density at radius 3 is 2.52 bits per heavy atom. The third-order valence-electron chi connectivity index (χ3n) is 5.37. The van der Waals surface area contributed by atoms with E-state index in [9.17, 15) is 0 Å². The molecule has 0 radical (unpaired) electrons. The van der Waals surface area contributed by atoms with Crippen molar-refractivity contribution < 1.29 is 9.15 Å². The molecule has 1 aliphatic rings. The molecule has 0 amide bonds. The van der Waals surface area contributed by atoms with E-state index in [1.54, 1.807) is 7.05 Å². The molecule has 3 aromatic rings. The number of ether oxygens (including phenoxy) is 1. The van der Waals surface area contributed by atoms with Crippen LogP contribution < -0.4 is 15.5 Å². The molecule has 1 aromatic heterocycles. The topological polar surface area (TPSA) is 62.0 Å². The summed E-state index contributed by atoms with van der Waals surface area (Å²) >= 11 is 0. The fraction of sp³-hybridized carbons (Fsp3) is 0.348. The molecule has 6 nitrogen and oxygen atoms in total. The lowest BCUT2D eigenvalue weighted by Gasteiger charge is -2.30. The summed E-state index contributed by atoms with van der Waals surface area (Å²) in [5.41, 5.74) is 4.59. The maximum absolute atomic E-state index is 5.99. The zero-order chi connectivity index (χ0) is 20.1. The molecule has 0 bridgehead atoms. The monoisotopic (exact) mass is 392 g/mol. The molecule has 6 heteroatoms. The Morgan fingerprint density at radius 1 is 1.00 bits per heavy atom. The second-order valence-corrected chi connectivity index (χ2v) is 7.15. The third-order valence-corrected chi connectivity index (χ3v) is 5.37. The van der Waals surface area contributed by atoms with Gasteiger partial charge in [-0.2, -0.15) is 0 Å². The minimum absolute atomic E-state index is 0.589. The minimum Gasteiger partial charge on any atom is -0.459 e. The molecule has 0 atom stereocenters. The fourth-order valence-corrected chi connectivity index (χ4v) is 3.73. The summed E-state index contributed by atoms with van der Waals surface area (Å²) in [5.74, 6) is 1.68. The van der Waals surface area contributed by atoms with Gasteiger partial charge in [0.1, 0.15) is 11.3 Å². The van der Waals surface area contributed by atoms with E-state index in [1.165, 1.54) is 16.8 Å². The van der Waals surface area contributed by atoms with Crippen LogP contribution in [0.5, 0.6) is 0 Å². The van der Waals surface area contributed by atoms with Crippen LogP contribution in [0.25, 0.3) is 11.0 Å². The van der Waals surface area contributed by atoms with E-state index < -0.39 is 0 Å². The number of furan rings is 1. The average Bonchev–Trinajstić information content (AvgIpc) is 3.10. The minimum atomic E-state index is 0.589. The van der Waals surface area contributed by atoms with Gasteiger partial charge in [-0.25, -0.2) is 0 Å². The normalized spacial score (nSPS) is 15.0. The van der Waals surface area contributed by atoms with Gasteiger partial charge >= 0.3 is 0 Å². The highest BCUT2D eigenvalue weighted by molar-refractivity contribution is 5.83. The molecular formula is C23H28N4O2. The standard InChI is InChI=1S/C23H28N4O2/c1-17-19-8-4-6-10-21(19)29-22(17)16-26-23(24-2)25-15-18-7-3-5-9-20(18)27-11-13-28-14-12-27/h3-10H,11-16H2,1-2H3,(H2,24,25,26). The van der Waals surface area contributed by atoms with Crippen molar-refractivity contribution in [1.29, 1.82) is 0 Å². The Balaban J connectivity index is 1.39. The van der Waals surface area contributed by atoms with Crippen molar-refractivity contribution in [2.75, 3.05) is 38.3 Å². The fourth-order valence-electron chi connectivity index (χ4n) is 3.73. The van der Waals surface area contributed by atoms with Gasteiger partial charge in [0, 0.05) is 43.3 Å². The summed E-state index contributed by atoms with van der Waals surface area (Å²) in [6.07, 6.45) is 0.